The molecule has 1 unspecified atom stereocenters. The summed E-state index contributed by atoms with van der Waals surface area (Å²) in [5.74, 6) is -0.0368. The lowest BCUT2D eigenvalue weighted by Gasteiger charge is -2.26. The van der Waals surface area contributed by atoms with Crippen LogP contribution in [-0.2, 0) is 17.9 Å². The molecule has 8 heteroatoms. The molecule has 1 aromatic heterocycles. The van der Waals surface area contributed by atoms with E-state index in [1.165, 1.54) is 0 Å². The van der Waals surface area contributed by atoms with Crippen molar-refractivity contribution in [2.24, 2.45) is 0 Å². The Hall–Kier alpha value is -3.23. The number of aryl methyl sites for hydroxylation is 1. The molecule has 2 amide bonds. The molecule has 1 atom stereocenters. The number of aldehydes is 1. The van der Waals surface area contributed by atoms with Gasteiger partial charge in [-0.25, -0.2) is 0 Å². The summed E-state index contributed by atoms with van der Waals surface area (Å²) in [6.07, 6.45) is 3.65. The number of nitrogens with one attached hydrogen (secondary N) is 2. The molecule has 3 rings (SSSR count). The van der Waals surface area contributed by atoms with Gasteiger partial charge in [-0.15, -0.1) is 6.58 Å². The van der Waals surface area contributed by atoms with Crippen LogP contribution in [-0.4, -0.2) is 43.1 Å². The highest BCUT2D eigenvalue weighted by Gasteiger charge is 2.18. The van der Waals surface area contributed by atoms with Crippen molar-refractivity contribution in [3.05, 3.63) is 81.5 Å². The maximum atomic E-state index is 12.8. The summed E-state index contributed by atoms with van der Waals surface area (Å²) in [5.41, 5.74) is 3.73. The number of rotatable bonds is 11. The van der Waals surface area contributed by atoms with Gasteiger partial charge < -0.3 is 15.1 Å². The second-order valence-corrected chi connectivity index (χ2v) is 9.38. The van der Waals surface area contributed by atoms with E-state index in [-0.39, 0.29) is 30.2 Å². The predicted molar refractivity (Wildman–Crippen MR) is 140 cm³/mol. The summed E-state index contributed by atoms with van der Waals surface area (Å²) in [6, 6.07) is 11.1. The molecule has 0 bridgehead atoms. The third kappa shape index (κ3) is 6.46. The quantitative estimate of drug-likeness (QED) is 0.270. The molecule has 7 nitrogen and oxygen atoms in total. The van der Waals surface area contributed by atoms with E-state index >= 15 is 0 Å². The van der Waals surface area contributed by atoms with Gasteiger partial charge in [0.05, 0.1) is 0 Å². The number of amides is 2. The minimum Gasteiger partial charge on any atom is -0.451 e. The molecule has 3 aromatic rings. The van der Waals surface area contributed by atoms with E-state index in [2.05, 4.69) is 38.0 Å². The van der Waals surface area contributed by atoms with Crippen LogP contribution >= 0.6 is 15.9 Å². The fourth-order valence-corrected chi connectivity index (χ4v) is 4.36. The van der Waals surface area contributed by atoms with E-state index < -0.39 is 0 Å². The van der Waals surface area contributed by atoms with Crippen molar-refractivity contribution >= 4 is 45.0 Å². The number of hydrogen-bond donors (Lipinski definition) is 2. The fourth-order valence-electron chi connectivity index (χ4n) is 4.00. The van der Waals surface area contributed by atoms with Crippen LogP contribution in [0, 0.1) is 6.92 Å². The molecule has 0 fully saturated rings. The number of nitrogens with zero attached hydrogens (tertiary/aromatic N) is 1. The summed E-state index contributed by atoms with van der Waals surface area (Å²) in [7, 11) is 3.55. The van der Waals surface area contributed by atoms with Gasteiger partial charge in [-0.2, -0.15) is 0 Å². The van der Waals surface area contributed by atoms with Gasteiger partial charge in [0, 0.05) is 53.6 Å². The molecule has 2 aromatic carbocycles. The van der Waals surface area contributed by atoms with E-state index in [4.69, 9.17) is 4.42 Å². The second kappa shape index (κ2) is 12.0. The van der Waals surface area contributed by atoms with Crippen LogP contribution in [0.5, 0.6) is 0 Å². The van der Waals surface area contributed by atoms with Crippen molar-refractivity contribution < 1.29 is 18.8 Å². The lowest BCUT2D eigenvalue weighted by molar-refractivity contribution is -0.120. The lowest BCUT2D eigenvalue weighted by atomic mass is 10.0. The van der Waals surface area contributed by atoms with Crippen molar-refractivity contribution in [3.8, 4) is 0 Å². The standard InChI is InChI=1S/C27H30BrN3O4/c1-5-22(9-11-25(33)29-3)31(4)15-20-12-18(6-7-19(20)16-32)14-30-27(34)26-17(2)23-13-21(28)8-10-24(23)35-26/h5-8,10,12-13,16,22H,1,9,11,14-15H2,2-4H3,(H,29,33)(H,30,34). The highest BCUT2D eigenvalue weighted by molar-refractivity contribution is 9.10. The van der Waals surface area contributed by atoms with Gasteiger partial charge in [0.15, 0.2) is 5.76 Å². The molecule has 0 aliphatic rings. The average molecular weight is 540 g/mol. The molecule has 184 valence electrons. The Bertz CT molecular complexity index is 1250. The Labute approximate surface area is 213 Å². The number of carbonyl (C=O) groups excluding carboxylic acids is 3. The molecule has 0 spiro atoms. The number of carbonyl (C=O) groups is 3. The van der Waals surface area contributed by atoms with Crippen LogP contribution in [0.3, 0.4) is 0 Å². The highest BCUT2D eigenvalue weighted by atomic mass is 79.9. The van der Waals surface area contributed by atoms with Gasteiger partial charge >= 0.3 is 0 Å². The van der Waals surface area contributed by atoms with Gasteiger partial charge in [-0.3, -0.25) is 19.3 Å². The molecule has 0 saturated carbocycles. The largest absolute Gasteiger partial charge is 0.451 e. The minimum absolute atomic E-state index is 0.0220. The topological polar surface area (TPSA) is 91.7 Å². The molecular formula is C27H30BrN3O4. The van der Waals surface area contributed by atoms with Crippen LogP contribution in [0.15, 0.2) is 57.9 Å². The van der Waals surface area contributed by atoms with E-state index in [0.29, 0.717) is 30.5 Å². The van der Waals surface area contributed by atoms with Gasteiger partial charge in [-0.1, -0.05) is 40.2 Å². The van der Waals surface area contributed by atoms with Gasteiger partial charge in [0.1, 0.15) is 11.9 Å². The van der Waals surface area contributed by atoms with Crippen molar-refractivity contribution in [1.29, 1.82) is 0 Å². The number of halogens is 1. The molecule has 0 aliphatic carbocycles. The molecule has 35 heavy (non-hydrogen) atoms. The number of fused-ring (bicyclic) bond motifs is 1. The number of hydrogen-bond acceptors (Lipinski definition) is 5. The summed E-state index contributed by atoms with van der Waals surface area (Å²) in [6.45, 7) is 6.54. The summed E-state index contributed by atoms with van der Waals surface area (Å²) < 4.78 is 6.70. The number of likely N-dealkylation sites (N-methyl/N-ethyl adjacent to an activating group) is 1. The molecule has 0 radical (unpaired) electrons. The normalized spacial score (nSPS) is 11.9. The maximum Gasteiger partial charge on any atom is 0.287 e. The Morgan fingerprint density at radius 1 is 1.23 bits per heavy atom. The summed E-state index contributed by atoms with van der Waals surface area (Å²) in [4.78, 5) is 38.1. The zero-order valence-electron chi connectivity index (χ0n) is 20.2. The maximum absolute atomic E-state index is 12.8. The van der Waals surface area contributed by atoms with E-state index in [0.717, 1.165) is 32.8 Å². The number of benzene rings is 2. The molecular weight excluding hydrogens is 510 g/mol. The SMILES string of the molecule is C=CC(CCC(=O)NC)N(C)Cc1cc(CNC(=O)c2oc3ccc(Br)cc3c2C)ccc1C=O. The van der Waals surface area contributed by atoms with Crippen LogP contribution in [0.4, 0.5) is 0 Å². The van der Waals surface area contributed by atoms with E-state index in [1.807, 2.05) is 50.4 Å². The van der Waals surface area contributed by atoms with Gasteiger partial charge in [0.25, 0.3) is 5.91 Å². The summed E-state index contributed by atoms with van der Waals surface area (Å²) in [5, 5.41) is 6.43. The van der Waals surface area contributed by atoms with Gasteiger partial charge in [0.2, 0.25) is 5.91 Å². The Balaban J connectivity index is 1.71. The van der Waals surface area contributed by atoms with Gasteiger partial charge in [-0.05, 0) is 49.7 Å². The Kier molecular flexibility index (Phi) is 9.01. The van der Waals surface area contributed by atoms with Crippen LogP contribution in [0.1, 0.15) is 50.4 Å². The van der Waals surface area contributed by atoms with Crippen LogP contribution < -0.4 is 10.6 Å². The fraction of sp³-hybridized carbons (Fsp3) is 0.296. The first kappa shape index (κ1) is 26.4. The van der Waals surface area contributed by atoms with E-state index in [1.54, 1.807) is 13.1 Å². The first-order valence-electron chi connectivity index (χ1n) is 11.3. The zero-order valence-corrected chi connectivity index (χ0v) is 21.8. The first-order chi connectivity index (χ1) is 16.8. The molecule has 0 saturated heterocycles. The van der Waals surface area contributed by atoms with Crippen LogP contribution in [0.25, 0.3) is 11.0 Å². The highest BCUT2D eigenvalue weighted by Crippen LogP contribution is 2.28. The smallest absolute Gasteiger partial charge is 0.287 e. The Morgan fingerprint density at radius 3 is 2.69 bits per heavy atom. The molecule has 0 aliphatic heterocycles. The van der Waals surface area contributed by atoms with Crippen molar-refractivity contribution in [2.45, 2.75) is 38.9 Å². The lowest BCUT2D eigenvalue weighted by Crippen LogP contribution is -2.31. The third-order valence-corrected chi connectivity index (χ3v) is 6.59. The first-order valence-corrected chi connectivity index (χ1v) is 12.1. The predicted octanol–water partition coefficient (Wildman–Crippen LogP) is 4.76. The van der Waals surface area contributed by atoms with Crippen LogP contribution in [0.2, 0.25) is 0 Å². The zero-order chi connectivity index (χ0) is 25.5. The van der Waals surface area contributed by atoms with Crippen molar-refractivity contribution in [1.82, 2.24) is 15.5 Å². The average Bonchev–Trinajstić information content (AvgIpc) is 3.18. The summed E-state index contributed by atoms with van der Waals surface area (Å²) >= 11 is 3.45. The van der Waals surface area contributed by atoms with Crippen molar-refractivity contribution in [3.63, 3.8) is 0 Å². The second-order valence-electron chi connectivity index (χ2n) is 8.46. The minimum atomic E-state index is -0.297. The van der Waals surface area contributed by atoms with E-state index in [9.17, 15) is 14.4 Å². The number of furan rings is 1. The Morgan fingerprint density at radius 2 is 2.00 bits per heavy atom. The molecule has 1 heterocycles. The third-order valence-electron chi connectivity index (χ3n) is 6.10. The monoisotopic (exact) mass is 539 g/mol. The molecule has 2 N–H and O–H groups in total. The van der Waals surface area contributed by atoms with Crippen molar-refractivity contribution in [2.75, 3.05) is 14.1 Å².